The first-order valence-corrected chi connectivity index (χ1v) is 4.65. The Morgan fingerprint density at radius 1 is 1.36 bits per heavy atom. The number of hydrogen-bond donors (Lipinski definition) is 1. The molecule has 0 unspecified atom stereocenters. The molecule has 1 aromatic rings. The number of para-hydroxylation sites is 1. The summed E-state index contributed by atoms with van der Waals surface area (Å²) < 4.78 is 5.73. The van der Waals surface area contributed by atoms with Crippen LogP contribution in [0.2, 0.25) is 0 Å². The van der Waals surface area contributed by atoms with E-state index in [2.05, 4.69) is 5.32 Å². The van der Waals surface area contributed by atoms with Crippen molar-refractivity contribution in [3.63, 3.8) is 0 Å². The van der Waals surface area contributed by atoms with Crippen LogP contribution < -0.4 is 10.1 Å². The van der Waals surface area contributed by atoms with Crippen LogP contribution >= 0.6 is 0 Å². The van der Waals surface area contributed by atoms with Gasteiger partial charge in [0.1, 0.15) is 11.4 Å². The SMILES string of the molecule is CC1(C)CNC(=O)c2ccccc2O1. The van der Waals surface area contributed by atoms with Crippen LogP contribution in [0.1, 0.15) is 24.2 Å². The van der Waals surface area contributed by atoms with Gasteiger partial charge in [-0.25, -0.2) is 0 Å². The lowest BCUT2D eigenvalue weighted by Crippen LogP contribution is -2.39. The normalized spacial score (nSPS) is 18.9. The number of hydrogen-bond acceptors (Lipinski definition) is 2. The number of carbonyl (C=O) groups is 1. The third-order valence-corrected chi connectivity index (χ3v) is 2.19. The zero-order valence-electron chi connectivity index (χ0n) is 8.33. The van der Waals surface area contributed by atoms with E-state index in [0.717, 1.165) is 0 Å². The van der Waals surface area contributed by atoms with Crippen molar-refractivity contribution >= 4 is 5.91 Å². The molecule has 1 aliphatic rings. The Morgan fingerprint density at radius 3 is 2.86 bits per heavy atom. The van der Waals surface area contributed by atoms with Crippen LogP contribution in [0.3, 0.4) is 0 Å². The molecule has 1 aromatic carbocycles. The van der Waals surface area contributed by atoms with Gasteiger partial charge in [0.15, 0.2) is 0 Å². The van der Waals surface area contributed by atoms with Crippen LogP contribution in [0.15, 0.2) is 24.3 Å². The molecular formula is C11H13NO2. The lowest BCUT2D eigenvalue weighted by atomic mass is 10.1. The molecule has 0 bridgehead atoms. The summed E-state index contributed by atoms with van der Waals surface area (Å²) in [6.45, 7) is 4.44. The minimum Gasteiger partial charge on any atom is -0.485 e. The molecule has 0 radical (unpaired) electrons. The highest BCUT2D eigenvalue weighted by Crippen LogP contribution is 2.25. The third-order valence-electron chi connectivity index (χ3n) is 2.19. The highest BCUT2D eigenvalue weighted by atomic mass is 16.5. The van der Waals surface area contributed by atoms with Crippen molar-refractivity contribution in [2.24, 2.45) is 0 Å². The molecule has 0 fully saturated rings. The molecule has 1 aliphatic heterocycles. The van der Waals surface area contributed by atoms with E-state index in [0.29, 0.717) is 17.9 Å². The van der Waals surface area contributed by atoms with Crippen molar-refractivity contribution < 1.29 is 9.53 Å². The minimum atomic E-state index is -0.345. The first kappa shape index (κ1) is 9.06. The zero-order valence-corrected chi connectivity index (χ0v) is 8.33. The molecule has 1 N–H and O–H groups in total. The van der Waals surface area contributed by atoms with E-state index < -0.39 is 0 Å². The van der Waals surface area contributed by atoms with Gasteiger partial charge in [0.05, 0.1) is 12.1 Å². The Balaban J connectivity index is 2.46. The molecule has 3 nitrogen and oxygen atoms in total. The van der Waals surface area contributed by atoms with E-state index in [1.807, 2.05) is 32.0 Å². The summed E-state index contributed by atoms with van der Waals surface area (Å²) in [5.41, 5.74) is 0.264. The highest BCUT2D eigenvalue weighted by Gasteiger charge is 2.27. The number of rotatable bonds is 0. The van der Waals surface area contributed by atoms with E-state index in [4.69, 9.17) is 4.74 Å². The second kappa shape index (κ2) is 3.01. The molecule has 0 saturated heterocycles. The molecule has 0 aromatic heterocycles. The number of fused-ring (bicyclic) bond motifs is 1. The summed E-state index contributed by atoms with van der Waals surface area (Å²) in [7, 11) is 0. The monoisotopic (exact) mass is 191 g/mol. The molecule has 14 heavy (non-hydrogen) atoms. The summed E-state index contributed by atoms with van der Waals surface area (Å²) in [5, 5.41) is 2.83. The van der Waals surface area contributed by atoms with Crippen LogP contribution in [0.4, 0.5) is 0 Å². The Morgan fingerprint density at radius 2 is 2.07 bits per heavy atom. The Kier molecular flexibility index (Phi) is 1.95. The molecule has 0 atom stereocenters. The minimum absolute atomic E-state index is 0.0637. The third kappa shape index (κ3) is 1.58. The number of carbonyl (C=O) groups excluding carboxylic acids is 1. The predicted molar refractivity (Wildman–Crippen MR) is 53.5 cm³/mol. The fourth-order valence-electron chi connectivity index (χ4n) is 1.47. The van der Waals surface area contributed by atoms with Gasteiger partial charge < -0.3 is 10.1 Å². The van der Waals surface area contributed by atoms with Gasteiger partial charge in [-0.15, -0.1) is 0 Å². The van der Waals surface area contributed by atoms with Gasteiger partial charge in [0, 0.05) is 0 Å². The second-order valence-corrected chi connectivity index (χ2v) is 4.04. The fourth-order valence-corrected chi connectivity index (χ4v) is 1.47. The maximum atomic E-state index is 11.6. The van der Waals surface area contributed by atoms with Crippen LogP contribution in [0.25, 0.3) is 0 Å². The Labute approximate surface area is 83.1 Å². The van der Waals surface area contributed by atoms with Gasteiger partial charge in [-0.3, -0.25) is 4.79 Å². The lowest BCUT2D eigenvalue weighted by Gasteiger charge is -2.23. The van der Waals surface area contributed by atoms with Gasteiger partial charge in [-0.2, -0.15) is 0 Å². The molecular weight excluding hydrogens is 178 g/mol. The molecule has 3 heteroatoms. The van der Waals surface area contributed by atoms with Crippen LogP contribution in [-0.4, -0.2) is 18.1 Å². The molecule has 1 amide bonds. The van der Waals surface area contributed by atoms with Crippen LogP contribution in [0.5, 0.6) is 5.75 Å². The largest absolute Gasteiger partial charge is 0.485 e. The van der Waals surface area contributed by atoms with Gasteiger partial charge in [-0.05, 0) is 26.0 Å². The smallest absolute Gasteiger partial charge is 0.255 e. The van der Waals surface area contributed by atoms with Crippen LogP contribution in [-0.2, 0) is 0 Å². The van der Waals surface area contributed by atoms with Crippen molar-refractivity contribution in [3.8, 4) is 5.75 Å². The first-order valence-electron chi connectivity index (χ1n) is 4.65. The Hall–Kier alpha value is -1.51. The van der Waals surface area contributed by atoms with Gasteiger partial charge in [0.2, 0.25) is 0 Å². The molecule has 1 heterocycles. The summed E-state index contributed by atoms with van der Waals surface area (Å²) >= 11 is 0. The summed E-state index contributed by atoms with van der Waals surface area (Å²) in [6.07, 6.45) is 0. The molecule has 0 aliphatic carbocycles. The van der Waals surface area contributed by atoms with Crippen molar-refractivity contribution in [1.82, 2.24) is 5.32 Å². The van der Waals surface area contributed by atoms with E-state index >= 15 is 0 Å². The highest BCUT2D eigenvalue weighted by molar-refractivity contribution is 5.97. The van der Waals surface area contributed by atoms with E-state index in [1.54, 1.807) is 6.07 Å². The number of ether oxygens (including phenoxy) is 1. The van der Waals surface area contributed by atoms with Crippen molar-refractivity contribution in [1.29, 1.82) is 0 Å². The fraction of sp³-hybridized carbons (Fsp3) is 0.364. The van der Waals surface area contributed by atoms with Crippen LogP contribution in [0, 0.1) is 0 Å². The molecule has 2 rings (SSSR count). The number of amides is 1. The lowest BCUT2D eigenvalue weighted by molar-refractivity contribution is 0.0907. The maximum absolute atomic E-state index is 11.6. The average Bonchev–Trinajstić information content (AvgIpc) is 2.25. The van der Waals surface area contributed by atoms with Gasteiger partial charge in [-0.1, -0.05) is 12.1 Å². The molecule has 0 spiro atoms. The average molecular weight is 191 g/mol. The number of benzene rings is 1. The van der Waals surface area contributed by atoms with Crippen molar-refractivity contribution in [2.45, 2.75) is 19.4 Å². The first-order chi connectivity index (χ1) is 6.58. The predicted octanol–water partition coefficient (Wildman–Crippen LogP) is 1.59. The Bertz CT molecular complexity index is 371. The van der Waals surface area contributed by atoms with Crippen molar-refractivity contribution in [2.75, 3.05) is 6.54 Å². The number of nitrogens with one attached hydrogen (secondary N) is 1. The standard InChI is InChI=1S/C11H13NO2/c1-11(2)7-12-10(13)8-5-3-4-6-9(8)14-11/h3-6H,7H2,1-2H3,(H,12,13). The second-order valence-electron chi connectivity index (χ2n) is 4.04. The van der Waals surface area contributed by atoms with Gasteiger partial charge in [0.25, 0.3) is 5.91 Å². The van der Waals surface area contributed by atoms with Crippen molar-refractivity contribution in [3.05, 3.63) is 29.8 Å². The molecule has 74 valence electrons. The summed E-state index contributed by atoms with van der Waals surface area (Å²) in [6, 6.07) is 7.29. The quantitative estimate of drug-likeness (QED) is 0.676. The van der Waals surface area contributed by atoms with E-state index in [9.17, 15) is 4.79 Å². The van der Waals surface area contributed by atoms with E-state index in [1.165, 1.54) is 0 Å². The van der Waals surface area contributed by atoms with Gasteiger partial charge >= 0.3 is 0 Å². The summed E-state index contributed by atoms with van der Waals surface area (Å²) in [4.78, 5) is 11.6. The molecule has 0 saturated carbocycles. The summed E-state index contributed by atoms with van der Waals surface area (Å²) in [5.74, 6) is 0.596. The topological polar surface area (TPSA) is 38.3 Å². The maximum Gasteiger partial charge on any atom is 0.255 e. The zero-order chi connectivity index (χ0) is 10.2. The van der Waals surface area contributed by atoms with E-state index in [-0.39, 0.29) is 11.5 Å².